The number of benzene rings is 3. The molecule has 1 aliphatic carbocycles. The zero-order chi connectivity index (χ0) is 24.8. The molecule has 0 radical (unpaired) electrons. The molecule has 178 valence electrons. The second-order valence-electron chi connectivity index (χ2n) is 8.44. The number of carbonyl (C=O) groups excluding carboxylic acids is 2. The summed E-state index contributed by atoms with van der Waals surface area (Å²) < 4.78 is 5.47. The van der Waals surface area contributed by atoms with E-state index in [1.807, 2.05) is 36.4 Å². The maximum absolute atomic E-state index is 12.3. The lowest BCUT2D eigenvalue weighted by atomic mass is 9.98. The average Bonchev–Trinajstić information content (AvgIpc) is 3.21. The summed E-state index contributed by atoms with van der Waals surface area (Å²) in [5, 5.41) is 32.1. The first-order valence-corrected chi connectivity index (χ1v) is 11.4. The summed E-state index contributed by atoms with van der Waals surface area (Å²) in [6.07, 6.45) is -3.18. The Kier molecular flexibility index (Phi) is 7.56. The van der Waals surface area contributed by atoms with E-state index >= 15 is 0 Å². The third kappa shape index (κ3) is 5.40. The van der Waals surface area contributed by atoms with Gasteiger partial charge >= 0.3 is 6.09 Å². The van der Waals surface area contributed by atoms with Crippen LogP contribution in [-0.2, 0) is 4.74 Å². The molecule has 0 saturated heterocycles. The van der Waals surface area contributed by atoms with E-state index in [1.54, 1.807) is 24.3 Å². The first-order chi connectivity index (χ1) is 17.0. The number of ether oxygens (including phenoxy) is 1. The summed E-state index contributed by atoms with van der Waals surface area (Å²) in [4.78, 5) is 24.2. The molecule has 2 atom stereocenters. The van der Waals surface area contributed by atoms with Crippen molar-refractivity contribution in [1.29, 1.82) is 5.26 Å². The number of hydrogen-bond acceptors (Lipinski definition) is 6. The monoisotopic (exact) mass is 470 g/mol. The first-order valence-electron chi connectivity index (χ1n) is 11.4. The summed E-state index contributed by atoms with van der Waals surface area (Å²) in [6, 6.07) is 24.1. The molecule has 0 bridgehead atoms. The molecule has 0 aliphatic heterocycles. The lowest BCUT2D eigenvalue weighted by Crippen LogP contribution is -2.30. The van der Waals surface area contributed by atoms with E-state index in [0.29, 0.717) is 11.1 Å². The van der Waals surface area contributed by atoms with Gasteiger partial charge in [-0.25, -0.2) is 4.79 Å². The third-order valence-electron chi connectivity index (χ3n) is 6.21. The van der Waals surface area contributed by atoms with Crippen molar-refractivity contribution >= 4 is 11.9 Å². The van der Waals surface area contributed by atoms with Gasteiger partial charge in [-0.2, -0.15) is 5.26 Å². The number of Topliss-reactive ketones (excluding diaryl/α,β-unsaturated/α-hetero) is 1. The number of nitrogens with one attached hydrogen (secondary N) is 1. The Morgan fingerprint density at radius 1 is 0.971 bits per heavy atom. The molecule has 3 aromatic carbocycles. The van der Waals surface area contributed by atoms with Crippen LogP contribution in [0.3, 0.4) is 0 Å². The molecule has 7 nitrogen and oxygen atoms in total. The van der Waals surface area contributed by atoms with Gasteiger partial charge in [0.05, 0.1) is 18.6 Å². The SMILES string of the molecule is N#CCC(=O)c1cccc(C(O)C(O)CCNC(=O)OCC2c3ccccc3-c3ccccc32)c1. The van der Waals surface area contributed by atoms with Crippen LogP contribution in [-0.4, -0.2) is 41.3 Å². The minimum absolute atomic E-state index is 0.0448. The highest BCUT2D eigenvalue weighted by Gasteiger charge is 2.29. The van der Waals surface area contributed by atoms with Gasteiger partial charge in [0.15, 0.2) is 5.78 Å². The van der Waals surface area contributed by atoms with Crippen molar-refractivity contribution in [3.05, 3.63) is 95.1 Å². The van der Waals surface area contributed by atoms with E-state index in [0.717, 1.165) is 22.3 Å². The number of carbonyl (C=O) groups is 2. The number of ketones is 1. The number of nitriles is 1. The van der Waals surface area contributed by atoms with E-state index in [2.05, 4.69) is 17.4 Å². The molecular weight excluding hydrogens is 444 g/mol. The van der Waals surface area contributed by atoms with Crippen molar-refractivity contribution in [2.45, 2.75) is 31.0 Å². The normalized spacial score (nSPS) is 13.7. The number of aliphatic hydroxyl groups excluding tert-OH is 2. The average molecular weight is 471 g/mol. The summed E-state index contributed by atoms with van der Waals surface area (Å²) in [7, 11) is 0. The van der Waals surface area contributed by atoms with Gasteiger partial charge in [-0.1, -0.05) is 66.7 Å². The maximum atomic E-state index is 12.3. The van der Waals surface area contributed by atoms with Crippen LogP contribution in [0.1, 0.15) is 51.9 Å². The molecule has 4 rings (SSSR count). The van der Waals surface area contributed by atoms with Crippen LogP contribution in [0.2, 0.25) is 0 Å². The largest absolute Gasteiger partial charge is 0.449 e. The van der Waals surface area contributed by atoms with Crippen molar-refractivity contribution in [2.24, 2.45) is 0 Å². The molecule has 0 fully saturated rings. The first kappa shape index (κ1) is 24.1. The minimum Gasteiger partial charge on any atom is -0.449 e. The number of nitrogens with zero attached hydrogens (tertiary/aromatic N) is 1. The second kappa shape index (κ2) is 11.0. The van der Waals surface area contributed by atoms with Crippen molar-refractivity contribution in [3.8, 4) is 17.2 Å². The van der Waals surface area contributed by atoms with Gasteiger partial charge in [-0.05, 0) is 40.3 Å². The molecule has 0 saturated carbocycles. The van der Waals surface area contributed by atoms with Crippen LogP contribution < -0.4 is 5.32 Å². The molecule has 3 aromatic rings. The number of aliphatic hydroxyl groups is 2. The summed E-state index contributed by atoms with van der Waals surface area (Å²) in [5.74, 6) is -0.399. The number of amides is 1. The number of rotatable bonds is 9. The topological polar surface area (TPSA) is 120 Å². The fraction of sp³-hybridized carbons (Fsp3) is 0.250. The predicted molar refractivity (Wildman–Crippen MR) is 130 cm³/mol. The van der Waals surface area contributed by atoms with Gasteiger partial charge < -0.3 is 20.3 Å². The Hall–Kier alpha value is -3.99. The Labute approximate surface area is 203 Å². The molecule has 0 aromatic heterocycles. The number of alkyl carbamates (subject to hydrolysis) is 1. The number of fused-ring (bicyclic) bond motifs is 3. The van der Waals surface area contributed by atoms with Gasteiger partial charge in [0.25, 0.3) is 0 Å². The highest BCUT2D eigenvalue weighted by atomic mass is 16.5. The lowest BCUT2D eigenvalue weighted by Gasteiger charge is -2.19. The quantitative estimate of drug-likeness (QED) is 0.405. The highest BCUT2D eigenvalue weighted by Crippen LogP contribution is 2.44. The van der Waals surface area contributed by atoms with Gasteiger partial charge in [0.1, 0.15) is 12.7 Å². The molecule has 1 amide bonds. The maximum Gasteiger partial charge on any atom is 0.407 e. The molecule has 3 N–H and O–H groups in total. The summed E-state index contributed by atoms with van der Waals surface area (Å²) in [5.41, 5.74) is 5.20. The van der Waals surface area contributed by atoms with Gasteiger partial charge in [-0.3, -0.25) is 4.79 Å². The summed E-state index contributed by atoms with van der Waals surface area (Å²) >= 11 is 0. The van der Waals surface area contributed by atoms with Gasteiger partial charge in [0, 0.05) is 18.0 Å². The van der Waals surface area contributed by atoms with Crippen LogP contribution in [0.15, 0.2) is 72.8 Å². The lowest BCUT2D eigenvalue weighted by molar-refractivity contribution is 0.0136. The fourth-order valence-electron chi connectivity index (χ4n) is 4.42. The Morgan fingerprint density at radius 3 is 2.29 bits per heavy atom. The van der Waals surface area contributed by atoms with Crippen molar-refractivity contribution in [2.75, 3.05) is 13.2 Å². The fourth-order valence-corrected chi connectivity index (χ4v) is 4.42. The van der Waals surface area contributed by atoms with E-state index in [1.165, 1.54) is 6.07 Å². The molecule has 0 spiro atoms. The van der Waals surface area contributed by atoms with Crippen molar-refractivity contribution in [1.82, 2.24) is 5.32 Å². The zero-order valence-electron chi connectivity index (χ0n) is 19.1. The zero-order valence-corrected chi connectivity index (χ0v) is 19.1. The second-order valence-corrected chi connectivity index (χ2v) is 8.44. The minimum atomic E-state index is -1.24. The Balaban J connectivity index is 1.27. The van der Waals surface area contributed by atoms with Gasteiger partial charge in [0.2, 0.25) is 0 Å². The Morgan fingerprint density at radius 2 is 1.63 bits per heavy atom. The molecule has 1 aliphatic rings. The highest BCUT2D eigenvalue weighted by molar-refractivity contribution is 5.97. The van der Waals surface area contributed by atoms with Gasteiger partial charge in [-0.15, -0.1) is 0 Å². The number of hydrogen-bond donors (Lipinski definition) is 3. The van der Waals surface area contributed by atoms with Crippen LogP contribution >= 0.6 is 0 Å². The molecule has 2 unspecified atom stereocenters. The van der Waals surface area contributed by atoms with E-state index in [9.17, 15) is 19.8 Å². The molecule has 0 heterocycles. The van der Waals surface area contributed by atoms with E-state index < -0.39 is 18.3 Å². The van der Waals surface area contributed by atoms with Crippen molar-refractivity contribution < 1.29 is 24.5 Å². The Bertz CT molecular complexity index is 1220. The summed E-state index contributed by atoms with van der Waals surface area (Å²) in [6.45, 7) is 0.288. The molecule has 35 heavy (non-hydrogen) atoms. The van der Waals surface area contributed by atoms with E-state index in [-0.39, 0.29) is 37.7 Å². The standard InChI is InChI=1S/C28H26N2O5/c29-14-12-25(31)18-6-5-7-19(16-18)27(33)26(32)13-15-30-28(34)35-17-24-22-10-3-1-8-20(22)21-9-2-4-11-23(21)24/h1-11,16,24,26-27,32-33H,12-13,15,17H2,(H,30,34). The van der Waals surface area contributed by atoms with Crippen LogP contribution in [0.4, 0.5) is 4.79 Å². The van der Waals surface area contributed by atoms with Crippen molar-refractivity contribution in [3.63, 3.8) is 0 Å². The van der Waals surface area contributed by atoms with Crippen LogP contribution in [0.25, 0.3) is 11.1 Å². The molecule has 7 heteroatoms. The van der Waals surface area contributed by atoms with Crippen LogP contribution in [0.5, 0.6) is 0 Å². The van der Waals surface area contributed by atoms with Crippen LogP contribution in [0, 0.1) is 11.3 Å². The van der Waals surface area contributed by atoms with E-state index in [4.69, 9.17) is 10.00 Å². The molecular formula is C28H26N2O5. The third-order valence-corrected chi connectivity index (χ3v) is 6.21. The smallest absolute Gasteiger partial charge is 0.407 e. The predicted octanol–water partition coefficient (Wildman–Crippen LogP) is 4.11.